The van der Waals surface area contributed by atoms with E-state index in [0.29, 0.717) is 37.7 Å². The Hall–Kier alpha value is -3.39. The fourth-order valence-electron chi connectivity index (χ4n) is 6.54. The van der Waals surface area contributed by atoms with Gasteiger partial charge < -0.3 is 20.7 Å². The first-order chi connectivity index (χ1) is 17.0. The molecule has 1 aliphatic heterocycles. The lowest BCUT2D eigenvalue weighted by Crippen LogP contribution is -2.53. The van der Waals surface area contributed by atoms with E-state index >= 15 is 0 Å². The number of carboxylic acid groups (broad SMARTS) is 1. The van der Waals surface area contributed by atoms with Crippen molar-refractivity contribution in [3.63, 3.8) is 0 Å². The van der Waals surface area contributed by atoms with Crippen LogP contribution in [0.5, 0.6) is 0 Å². The number of nitrogens with one attached hydrogen (secondary N) is 1. The fourth-order valence-corrected chi connectivity index (χ4v) is 7.19. The van der Waals surface area contributed by atoms with Gasteiger partial charge in [-0.1, -0.05) is 18.9 Å². The van der Waals surface area contributed by atoms with Crippen molar-refractivity contribution in [2.75, 3.05) is 12.8 Å². The molecular weight excluding hydrogens is 484 g/mol. The average molecular weight is 513 g/mol. The molecule has 0 spiro atoms. The quantitative estimate of drug-likeness (QED) is 0.546. The van der Waals surface area contributed by atoms with Crippen molar-refractivity contribution in [3.8, 4) is 6.07 Å². The van der Waals surface area contributed by atoms with Crippen LogP contribution in [-0.2, 0) is 37.2 Å². The normalized spacial score (nSPS) is 29.8. The van der Waals surface area contributed by atoms with E-state index in [4.69, 9.17) is 5.73 Å². The van der Waals surface area contributed by atoms with Gasteiger partial charge in [0, 0.05) is 53.8 Å². The molecule has 190 valence electrons. The molecule has 2 heterocycles. The zero-order valence-corrected chi connectivity index (χ0v) is 20.7. The van der Waals surface area contributed by atoms with Crippen LogP contribution in [0.15, 0.2) is 23.1 Å². The number of H-pyrrole nitrogens is 1. The topological polar surface area (TPSA) is 174 Å². The van der Waals surface area contributed by atoms with E-state index in [1.165, 1.54) is 0 Å². The van der Waals surface area contributed by atoms with Gasteiger partial charge >= 0.3 is 5.97 Å². The lowest BCUT2D eigenvalue weighted by Gasteiger charge is -2.43. The molecule has 0 saturated heterocycles. The van der Waals surface area contributed by atoms with Crippen LogP contribution < -0.4 is 5.73 Å². The number of carbonyl (C=O) groups is 3. The molecule has 2 unspecified atom stereocenters. The minimum atomic E-state index is -3.37. The number of aromatic nitrogens is 1. The first kappa shape index (κ1) is 24.3. The molecular formula is C25H28N4O6S. The number of nitriles is 1. The molecule has 0 radical (unpaired) electrons. The number of aromatic amines is 1. The van der Waals surface area contributed by atoms with Crippen molar-refractivity contribution in [1.82, 2.24) is 9.88 Å². The summed E-state index contributed by atoms with van der Waals surface area (Å²) < 4.78 is 23.9. The zero-order chi connectivity index (χ0) is 26.0. The number of hydrogen-bond acceptors (Lipinski definition) is 6. The molecule has 4 N–H and O–H groups in total. The maximum atomic E-state index is 13.9. The number of rotatable bonds is 5. The predicted octanol–water partition coefficient (Wildman–Crippen LogP) is 1.73. The van der Waals surface area contributed by atoms with Gasteiger partial charge in [0.25, 0.3) is 0 Å². The molecule has 3 aliphatic rings. The summed E-state index contributed by atoms with van der Waals surface area (Å²) in [5.41, 5.74) is 4.93. The Morgan fingerprint density at radius 2 is 2.03 bits per heavy atom. The summed E-state index contributed by atoms with van der Waals surface area (Å²) in [6, 6.07) is 6.82. The van der Waals surface area contributed by atoms with Crippen molar-refractivity contribution in [3.05, 3.63) is 29.5 Å². The molecule has 2 amide bonds. The van der Waals surface area contributed by atoms with E-state index in [2.05, 4.69) is 4.98 Å². The number of fused-ring (bicyclic) bond motifs is 3. The van der Waals surface area contributed by atoms with Crippen molar-refractivity contribution in [2.24, 2.45) is 28.4 Å². The van der Waals surface area contributed by atoms with E-state index in [1.54, 1.807) is 23.1 Å². The van der Waals surface area contributed by atoms with Crippen LogP contribution in [0, 0.1) is 34.0 Å². The van der Waals surface area contributed by atoms with E-state index in [9.17, 15) is 33.2 Å². The molecule has 2 aromatic rings. The second kappa shape index (κ2) is 8.06. The van der Waals surface area contributed by atoms with E-state index in [1.807, 2.05) is 6.07 Å². The highest BCUT2D eigenvalue weighted by Crippen LogP contribution is 2.66. The Balaban J connectivity index is 1.48. The smallest absolute Gasteiger partial charge is 0.310 e. The molecule has 2 fully saturated rings. The van der Waals surface area contributed by atoms with E-state index < -0.39 is 44.4 Å². The number of nitrogens with zero attached hydrogens (tertiary/aromatic N) is 2. The first-order valence-corrected chi connectivity index (χ1v) is 13.9. The number of sulfone groups is 1. The van der Waals surface area contributed by atoms with E-state index in [0.717, 1.165) is 22.9 Å². The van der Waals surface area contributed by atoms with Gasteiger partial charge in [-0.2, -0.15) is 5.26 Å². The van der Waals surface area contributed by atoms with Gasteiger partial charge in [0.2, 0.25) is 11.8 Å². The highest BCUT2D eigenvalue weighted by atomic mass is 32.2. The fraction of sp³-hybridized carbons (Fsp3) is 0.520. The molecule has 36 heavy (non-hydrogen) atoms. The number of carbonyl (C=O) groups excluding carboxylic acids is 2. The summed E-state index contributed by atoms with van der Waals surface area (Å²) in [5.74, 6) is -3.91. The van der Waals surface area contributed by atoms with Crippen LogP contribution in [0.4, 0.5) is 0 Å². The SMILES string of the molecule is CS(=O)(=O)c1ccc2c3c([nH]c2c1)CCN(C(=O)[C@@H]1CCCC[C@@]1(C(=O)O)C1CC1(C#N)C(N)=O)C3. The van der Waals surface area contributed by atoms with Gasteiger partial charge in [0.15, 0.2) is 9.84 Å². The largest absolute Gasteiger partial charge is 0.481 e. The van der Waals surface area contributed by atoms with Crippen LogP contribution in [0.1, 0.15) is 43.4 Å². The lowest BCUT2D eigenvalue weighted by atomic mass is 9.61. The Morgan fingerprint density at radius 1 is 1.28 bits per heavy atom. The molecule has 1 aromatic heterocycles. The predicted molar refractivity (Wildman–Crippen MR) is 128 cm³/mol. The van der Waals surface area contributed by atoms with Crippen molar-refractivity contribution in [2.45, 2.75) is 50.0 Å². The van der Waals surface area contributed by atoms with Gasteiger partial charge in [-0.3, -0.25) is 14.4 Å². The maximum Gasteiger partial charge on any atom is 0.310 e. The summed E-state index contributed by atoms with van der Waals surface area (Å²) in [6.07, 6.45) is 3.61. The molecule has 1 aromatic carbocycles. The Labute approximate surface area is 208 Å². The summed E-state index contributed by atoms with van der Waals surface area (Å²) in [4.78, 5) is 43.9. The third-order valence-corrected chi connectivity index (χ3v) is 9.67. The summed E-state index contributed by atoms with van der Waals surface area (Å²) in [7, 11) is -3.37. The number of primary amides is 1. The summed E-state index contributed by atoms with van der Waals surface area (Å²) >= 11 is 0. The van der Waals surface area contributed by atoms with Gasteiger partial charge in [0.05, 0.1) is 22.3 Å². The van der Waals surface area contributed by atoms with E-state index in [-0.39, 0.29) is 30.2 Å². The van der Waals surface area contributed by atoms with Crippen LogP contribution in [-0.4, -0.2) is 54.0 Å². The Kier molecular flexibility index (Phi) is 5.44. The average Bonchev–Trinajstić information content (AvgIpc) is 3.50. The molecule has 4 atom stereocenters. The third-order valence-electron chi connectivity index (χ3n) is 8.56. The van der Waals surface area contributed by atoms with Crippen LogP contribution in [0.2, 0.25) is 0 Å². The minimum absolute atomic E-state index is 0.0597. The van der Waals surface area contributed by atoms with Crippen LogP contribution in [0.25, 0.3) is 10.9 Å². The van der Waals surface area contributed by atoms with Crippen LogP contribution in [0.3, 0.4) is 0 Å². The van der Waals surface area contributed by atoms with Gasteiger partial charge in [-0.05, 0) is 31.4 Å². The zero-order valence-electron chi connectivity index (χ0n) is 19.9. The number of amides is 2. The Bertz CT molecular complexity index is 1460. The van der Waals surface area contributed by atoms with Crippen LogP contribution >= 0.6 is 0 Å². The van der Waals surface area contributed by atoms with Gasteiger partial charge in [-0.15, -0.1) is 0 Å². The summed E-state index contributed by atoms with van der Waals surface area (Å²) in [6.45, 7) is 0.649. The molecule has 11 heteroatoms. The second-order valence-corrected chi connectivity index (χ2v) is 12.4. The maximum absolute atomic E-state index is 13.9. The number of hydrogen-bond donors (Lipinski definition) is 3. The monoisotopic (exact) mass is 512 g/mol. The number of nitrogens with two attached hydrogens (primary N) is 1. The molecule has 2 aliphatic carbocycles. The molecule has 2 saturated carbocycles. The second-order valence-electron chi connectivity index (χ2n) is 10.4. The molecule has 0 bridgehead atoms. The highest BCUT2D eigenvalue weighted by Gasteiger charge is 2.73. The number of aliphatic carboxylic acids is 1. The van der Waals surface area contributed by atoms with Crippen molar-refractivity contribution < 1.29 is 27.9 Å². The standard InChI is InChI=1S/C25H28N4O6S/c1-36(34,35)14-5-6-15-16-12-29(9-7-18(16)28-19(15)10-14)21(30)17-4-2-3-8-25(17,23(32)33)20-11-24(20,13-26)22(27)31/h5-6,10,17,20,28H,2-4,7-9,11-12H2,1H3,(H2,27,31)(H,32,33)/t17-,20?,24?,25-/m0/s1. The highest BCUT2D eigenvalue weighted by molar-refractivity contribution is 7.90. The third kappa shape index (κ3) is 3.42. The number of benzene rings is 1. The van der Waals surface area contributed by atoms with Crippen molar-refractivity contribution in [1.29, 1.82) is 5.26 Å². The molecule has 5 rings (SSSR count). The lowest BCUT2D eigenvalue weighted by molar-refractivity contribution is -0.166. The first-order valence-electron chi connectivity index (χ1n) is 12.0. The Morgan fingerprint density at radius 3 is 2.64 bits per heavy atom. The van der Waals surface area contributed by atoms with Gasteiger partial charge in [-0.25, -0.2) is 8.42 Å². The number of carboxylic acids is 1. The molecule has 10 nitrogen and oxygen atoms in total. The minimum Gasteiger partial charge on any atom is -0.481 e. The van der Waals surface area contributed by atoms with Crippen molar-refractivity contribution >= 4 is 38.5 Å². The summed E-state index contributed by atoms with van der Waals surface area (Å²) in [5, 5.41) is 20.9. The van der Waals surface area contributed by atoms with Gasteiger partial charge in [0.1, 0.15) is 5.41 Å².